The van der Waals surface area contributed by atoms with E-state index in [1.54, 1.807) is 70.5 Å². The number of hydrogen-bond acceptors (Lipinski definition) is 26. The molecular weight excluding hydrogens is 2050 g/mol. The molecule has 29 nitrogen and oxygen atoms in total. The molecule has 9 aromatic heterocycles. The highest BCUT2D eigenvalue weighted by Crippen LogP contribution is 2.47. The van der Waals surface area contributed by atoms with Crippen molar-refractivity contribution in [3.8, 4) is 20.0 Å². The van der Waals surface area contributed by atoms with Crippen molar-refractivity contribution in [1.29, 1.82) is 0 Å². The van der Waals surface area contributed by atoms with Crippen molar-refractivity contribution in [1.82, 2.24) is 74.3 Å². The van der Waals surface area contributed by atoms with Gasteiger partial charge >= 0.3 is 0 Å². The first-order valence-corrected chi connectivity index (χ1v) is 54.3. The molecule has 148 heavy (non-hydrogen) atoms. The van der Waals surface area contributed by atoms with Gasteiger partial charge in [-0.05, 0) is 239 Å². The summed E-state index contributed by atoms with van der Waals surface area (Å²) in [6.07, 6.45) is 1.23. The highest BCUT2D eigenvalue weighted by atomic mass is 35.5. The summed E-state index contributed by atoms with van der Waals surface area (Å²) in [7, 11) is -0.841. The maximum absolute atomic E-state index is 13.5. The number of anilines is 2. The van der Waals surface area contributed by atoms with Gasteiger partial charge in [0.05, 0.1) is 48.9 Å². The predicted molar refractivity (Wildman–Crippen MR) is 581 cm³/mol. The average molecular weight is 2140 g/mol. The van der Waals surface area contributed by atoms with Gasteiger partial charge in [0.1, 0.15) is 90.1 Å². The number of ether oxygens (including phenoxy) is 1. The summed E-state index contributed by atoms with van der Waals surface area (Å²) in [5.74, 6) is 6.75. The van der Waals surface area contributed by atoms with Crippen molar-refractivity contribution in [3.63, 3.8) is 0 Å². The van der Waals surface area contributed by atoms with E-state index in [1.165, 1.54) is 19.5 Å². The third-order valence-corrected chi connectivity index (χ3v) is 34.8. The van der Waals surface area contributed by atoms with Crippen molar-refractivity contribution in [2.75, 3.05) is 10.6 Å². The Hall–Kier alpha value is -13.8. The van der Waals surface area contributed by atoms with Crippen LogP contribution in [0.15, 0.2) is 194 Å². The topological polar surface area (TPSA) is 350 Å². The Morgan fingerprint density at radius 1 is 0.365 bits per heavy atom. The van der Waals surface area contributed by atoms with Crippen molar-refractivity contribution < 1.29 is 37.5 Å². The molecule has 17 aromatic rings. The molecule has 0 saturated heterocycles. The zero-order valence-corrected chi connectivity index (χ0v) is 89.9. The number of benzene rings is 8. The van der Waals surface area contributed by atoms with Crippen LogP contribution in [0.1, 0.15) is 234 Å². The number of Topliss-reactive ketones (excluding diaryl/α,β-unsaturated/α-hetero) is 2. The second-order valence-electron chi connectivity index (χ2n) is 37.7. The van der Waals surface area contributed by atoms with Gasteiger partial charge in [-0.2, -0.15) is 0 Å². The van der Waals surface area contributed by atoms with E-state index in [4.69, 9.17) is 75.7 Å². The van der Waals surface area contributed by atoms with Crippen molar-refractivity contribution in [3.05, 3.63) is 367 Å². The molecule has 5 atom stereocenters. The molecular formula is C110H97Cl4N21O8S5. The molecule has 748 valence electrons. The monoisotopic (exact) mass is 2140 g/mol. The summed E-state index contributed by atoms with van der Waals surface area (Å²) in [6, 6.07) is 51.9. The van der Waals surface area contributed by atoms with E-state index in [1.807, 2.05) is 183 Å². The van der Waals surface area contributed by atoms with Gasteiger partial charge in [0, 0.05) is 163 Å². The predicted octanol–water partition coefficient (Wildman–Crippen LogP) is 22.9. The Morgan fingerprint density at radius 2 is 0.696 bits per heavy atom. The minimum atomic E-state index is -0.841. The number of carbonyl (C=O) groups is 5. The highest BCUT2D eigenvalue weighted by Gasteiger charge is 2.40. The number of nitrogens with one attached hydrogen (secondary N) is 2. The van der Waals surface area contributed by atoms with Gasteiger partial charge < -0.3 is 20.3 Å². The zero-order chi connectivity index (χ0) is 103. The van der Waals surface area contributed by atoms with E-state index in [2.05, 4.69) is 137 Å². The second kappa shape index (κ2) is 41.4. The zero-order valence-electron chi connectivity index (χ0n) is 82.8. The fraction of sp³-hybridized carbons (Fsp3) is 0.264. The Kier molecular flexibility index (Phi) is 28.0. The minimum absolute atomic E-state index is 0.0601. The first-order chi connectivity index (χ1) is 71.2. The number of thiophene rings is 4. The number of ketones is 2. The molecule has 0 radical (unpaired) electrons. The number of aryl methyl sites for hydroxylation is 8. The van der Waals surface area contributed by atoms with Crippen LogP contribution in [0.3, 0.4) is 0 Å². The Morgan fingerprint density at radius 3 is 1.09 bits per heavy atom. The van der Waals surface area contributed by atoms with Crippen LogP contribution < -0.4 is 10.6 Å². The van der Waals surface area contributed by atoms with Gasteiger partial charge in [0.25, 0.3) is 0 Å². The van der Waals surface area contributed by atoms with Crippen molar-refractivity contribution in [2.45, 2.75) is 191 Å². The van der Waals surface area contributed by atoms with E-state index >= 15 is 0 Å². The molecule has 1 unspecified atom stereocenters. The molecule has 8 aromatic carbocycles. The van der Waals surface area contributed by atoms with E-state index in [0.29, 0.717) is 111 Å². The first kappa shape index (κ1) is 100. The Bertz CT molecular complexity index is 8420. The summed E-state index contributed by atoms with van der Waals surface area (Å²) in [5, 5.41) is 55.7. The molecule has 3 amide bonds. The normalized spacial score (nSPS) is 16.2. The lowest BCUT2D eigenvalue weighted by molar-refractivity contribution is -0.129. The largest absolute Gasteiger partial charge is 0.372 e. The molecule has 7 aliphatic rings. The standard InChI is InChI=1S/C30H28ClN5O2S.C28H25ClN4O2S2.C27H24ClN5O2S.C25H20ClN7O2S/c1-16-17(2)39-30-27(16)28(21-7-9-24(31)10-8-21)32-26(29-34-33-18(3)36(29)30)13-25(38)12-20-5-6-22-14-35(19(4)37)15-23(22)11-20;1-15-16(2)36-28-25(15)26(19-6-8-22(29)9-7-19)30-24(27-32-31-17(3)33(27)28)12-23(34)11-18-4-5-20-13-37(35)14-21(20)10-18;1-14-15(2)36-27-24(14)25(17-4-7-20(28)8-5-17)30-22(26-32-31-16(3)33(26)27)11-23(34)29-21-9-6-18-12-35-13-19(18)10-21;1-12-13(2)36-25-22(12)23(15-4-6-16(26)7-5-15)28-20(24-30-29-14(3)33(24)25)11-21(34)27-17-8-9-18-19(10-17)32-35-31-18/h5-11,26H,12-15H2,1-4H3;4-10,24H,11-14H2,1-3H3;4-10,22H,11-13H2,1-3H3,(H,29,34);4-10,20H,11H2,1-3H3,(H,27,34)/t26-;24-,37?;22-;20-/m0000/s1. The molecule has 0 spiro atoms. The quantitative estimate of drug-likeness (QED) is 0.0806. The number of rotatable bonds is 18. The van der Waals surface area contributed by atoms with Crippen molar-refractivity contribution >= 4 is 177 Å². The van der Waals surface area contributed by atoms with Gasteiger partial charge in [-0.25, -0.2) is 4.63 Å². The maximum atomic E-state index is 13.5. The molecule has 2 N–H and O–H groups in total. The van der Waals surface area contributed by atoms with Gasteiger partial charge in [-0.1, -0.05) is 137 Å². The smallest absolute Gasteiger partial charge is 0.227 e. The van der Waals surface area contributed by atoms with Crippen LogP contribution >= 0.6 is 91.8 Å². The molecule has 0 fully saturated rings. The van der Waals surface area contributed by atoms with E-state index in [-0.39, 0.29) is 55.0 Å². The van der Waals surface area contributed by atoms with Gasteiger partial charge in [0.2, 0.25) is 17.7 Å². The summed E-state index contributed by atoms with van der Waals surface area (Å²) >= 11 is 31.5. The summed E-state index contributed by atoms with van der Waals surface area (Å²) in [5.41, 5.74) is 27.0. The molecule has 0 saturated carbocycles. The van der Waals surface area contributed by atoms with Crippen LogP contribution in [0.2, 0.25) is 20.1 Å². The number of carbonyl (C=O) groups excluding carboxylic acids is 5. The number of aromatic nitrogens is 14. The van der Waals surface area contributed by atoms with E-state index in [9.17, 15) is 28.2 Å². The highest BCUT2D eigenvalue weighted by molar-refractivity contribution is 7.83. The van der Waals surface area contributed by atoms with Gasteiger partial charge in [-0.15, -0.1) is 86.1 Å². The number of fused-ring (bicyclic) bond motifs is 16. The van der Waals surface area contributed by atoms with E-state index in [0.717, 1.165) is 183 Å². The summed E-state index contributed by atoms with van der Waals surface area (Å²) < 4.78 is 30.4. The first-order valence-electron chi connectivity index (χ1n) is 48.1. The third-order valence-electron chi connectivity index (χ3n) is 27.7. The van der Waals surface area contributed by atoms with Crippen LogP contribution in [0, 0.1) is 83.1 Å². The molecule has 0 aliphatic carbocycles. The number of hydrogen-bond donors (Lipinski definition) is 2. The molecule has 16 heterocycles. The van der Waals surface area contributed by atoms with Crippen LogP contribution in [0.25, 0.3) is 31.0 Å². The van der Waals surface area contributed by atoms with Gasteiger partial charge in [0.15, 0.2) is 23.3 Å². The molecule has 24 rings (SSSR count). The molecule has 7 aliphatic heterocycles. The third kappa shape index (κ3) is 19.9. The summed E-state index contributed by atoms with van der Waals surface area (Å²) in [6.45, 7) is 28.6. The number of halogens is 4. The van der Waals surface area contributed by atoms with Crippen LogP contribution in [0.4, 0.5) is 11.4 Å². The molecule has 38 heteroatoms. The number of amides is 3. The number of aliphatic imine (C=N–C) groups is 4. The van der Waals surface area contributed by atoms with Crippen molar-refractivity contribution in [2.24, 2.45) is 20.0 Å². The lowest BCUT2D eigenvalue weighted by Crippen LogP contribution is -2.21. The number of nitrogens with zero attached hydrogens (tertiary/aromatic N) is 19. The maximum Gasteiger partial charge on any atom is 0.227 e. The van der Waals surface area contributed by atoms with Crippen LogP contribution in [-0.2, 0) is 90.2 Å². The fourth-order valence-corrected chi connectivity index (χ4v) is 26.4. The SMILES string of the molecule is CC(=O)N1Cc2ccc(CC(=O)C[C@@H]3N=C(c4ccc(Cl)cc4)c4c(sc(C)c4C)-n4c(C)nnc43)cc2C1.Cc1sc2c(c1C)C(c1ccc(Cl)cc1)=N[C@@H](CC(=O)Cc1ccc3c(c1)CS(=O)C3)c1nnc(C)n1-2.Cc1sc2c(c1C)C(c1ccc(Cl)cc1)=N[C@@H](CC(=O)Nc1ccc3c(c1)COC3)c1nnc(C)n1-2.Cc1sc2c(c1C)C(c1ccc(Cl)cc1)=N[C@@H](CC(=O)Nc1ccc3nonc3c1)c1nnc(C)n1-2. The Balaban J connectivity index is 0.000000116. The fourth-order valence-electron chi connectivity index (χ4n) is 19.7. The Labute approximate surface area is 890 Å². The second-order valence-corrected chi connectivity index (χ2v) is 45.7. The van der Waals surface area contributed by atoms with E-state index < -0.39 is 35.0 Å². The van der Waals surface area contributed by atoms with Gasteiger partial charge in [-0.3, -0.25) is 66.4 Å². The average Bonchev–Trinajstić information content (AvgIpc) is 1.60. The lowest BCUT2D eigenvalue weighted by Gasteiger charge is -2.13. The van der Waals surface area contributed by atoms with Crippen LogP contribution in [-0.4, -0.2) is 131 Å². The minimum Gasteiger partial charge on any atom is -0.372 e. The lowest BCUT2D eigenvalue weighted by atomic mass is 9.98. The van der Waals surface area contributed by atoms with Crippen LogP contribution in [0.5, 0.6) is 0 Å². The summed E-state index contributed by atoms with van der Waals surface area (Å²) in [4.78, 5) is 92.4. The molecule has 0 bridgehead atoms.